The van der Waals surface area contributed by atoms with Gasteiger partial charge in [-0.15, -0.1) is 0 Å². The van der Waals surface area contributed by atoms with Crippen LogP contribution in [0, 0.1) is 5.92 Å². The molecule has 2 aliphatic heterocycles. The molecule has 0 amide bonds. The summed E-state index contributed by atoms with van der Waals surface area (Å²) in [4.78, 5) is 15.7. The summed E-state index contributed by atoms with van der Waals surface area (Å²) >= 11 is 1.42. The third-order valence-electron chi connectivity index (χ3n) is 6.07. The van der Waals surface area contributed by atoms with E-state index in [2.05, 4.69) is 0 Å². The van der Waals surface area contributed by atoms with Crippen molar-refractivity contribution in [2.45, 2.75) is 25.6 Å². The van der Waals surface area contributed by atoms with E-state index in [1.165, 1.54) is 11.3 Å². The van der Waals surface area contributed by atoms with Crippen molar-refractivity contribution in [2.75, 3.05) is 18.6 Å². The van der Waals surface area contributed by atoms with E-state index < -0.39 is 17.7 Å². The lowest BCUT2D eigenvalue weighted by Crippen LogP contribution is -2.71. The fourth-order valence-electron chi connectivity index (χ4n) is 4.54. The topological polar surface area (TPSA) is 65.7 Å². The molecule has 3 atom stereocenters. The number of rotatable bonds is 3. The summed E-state index contributed by atoms with van der Waals surface area (Å²) in [5.74, 6) is -0.467. The van der Waals surface area contributed by atoms with Crippen molar-refractivity contribution in [1.82, 2.24) is 0 Å². The number of benzene rings is 2. The Morgan fingerprint density at radius 3 is 2.67 bits per heavy atom. The lowest BCUT2D eigenvalue weighted by Gasteiger charge is -2.48. The second-order valence-corrected chi connectivity index (χ2v) is 8.66. The zero-order valence-corrected chi connectivity index (χ0v) is 17.8. The molecule has 0 aliphatic carbocycles. The molecule has 6 nitrogen and oxygen atoms in total. The number of carbonyl (C=O) groups is 1. The number of nitrogens with zero attached hydrogens (tertiary/aromatic N) is 2. The first-order valence-electron chi connectivity index (χ1n) is 9.96. The zero-order valence-electron chi connectivity index (χ0n) is 17.0. The minimum absolute atomic E-state index is 0.105. The minimum atomic E-state index is -0.976. The molecule has 0 spiro atoms. The van der Waals surface area contributed by atoms with Gasteiger partial charge in [0, 0.05) is 12.5 Å². The molecular weight excluding hydrogens is 400 g/mol. The van der Waals surface area contributed by atoms with Gasteiger partial charge in [0.05, 0.1) is 24.4 Å². The van der Waals surface area contributed by atoms with Gasteiger partial charge in [-0.2, -0.15) is 0 Å². The summed E-state index contributed by atoms with van der Waals surface area (Å²) in [5.41, 5.74) is 0.711. The third kappa shape index (κ3) is 2.48. The van der Waals surface area contributed by atoms with Crippen LogP contribution in [0.5, 0.6) is 11.6 Å². The van der Waals surface area contributed by atoms with E-state index in [0.29, 0.717) is 10.6 Å². The average molecular weight is 423 g/mol. The summed E-state index contributed by atoms with van der Waals surface area (Å²) in [7, 11) is 1.87. The first-order chi connectivity index (χ1) is 14.5. The number of para-hydroxylation sites is 1. The first-order valence-corrected chi connectivity index (χ1v) is 10.8. The summed E-state index contributed by atoms with van der Waals surface area (Å²) in [6.45, 7) is 3.95. The van der Waals surface area contributed by atoms with Crippen LogP contribution in [0.1, 0.15) is 25.5 Å². The molecule has 7 heteroatoms. The maximum atomic E-state index is 13.7. The van der Waals surface area contributed by atoms with Crippen molar-refractivity contribution in [3.05, 3.63) is 60.2 Å². The van der Waals surface area contributed by atoms with Gasteiger partial charge in [-0.1, -0.05) is 48.5 Å². The Labute approximate surface area is 178 Å². The van der Waals surface area contributed by atoms with Gasteiger partial charge in [0.25, 0.3) is 5.72 Å². The molecule has 1 aromatic heterocycles. The van der Waals surface area contributed by atoms with Gasteiger partial charge in [-0.3, -0.25) is 4.79 Å². The summed E-state index contributed by atoms with van der Waals surface area (Å²) in [5, 5.41) is 14.4. The van der Waals surface area contributed by atoms with Gasteiger partial charge in [-0.25, -0.2) is 9.47 Å². The molecule has 5 rings (SSSR count). The van der Waals surface area contributed by atoms with Crippen molar-refractivity contribution in [3.63, 3.8) is 0 Å². The molecule has 0 saturated heterocycles. The normalized spacial score (nSPS) is 23.9. The first kappa shape index (κ1) is 18.9. The number of esters is 1. The average Bonchev–Trinajstić information content (AvgIpc) is 3.09. The van der Waals surface area contributed by atoms with Crippen LogP contribution in [0.4, 0.5) is 5.13 Å². The second kappa shape index (κ2) is 6.74. The van der Waals surface area contributed by atoms with Crippen molar-refractivity contribution < 1.29 is 23.9 Å². The number of hydrogen-bond donors (Lipinski definition) is 0. The SMILES string of the molecule is CCOC(=O)C1C2c3ccccc3OC1(C)N(C)c1sc(-c3ccccc3)c([O-])[n+]12. The molecule has 0 fully saturated rings. The number of hydrogen-bond acceptors (Lipinski definition) is 6. The molecule has 0 radical (unpaired) electrons. The number of thiazole rings is 1. The Bertz CT molecular complexity index is 1130. The molecule has 2 aromatic carbocycles. The fraction of sp³-hybridized carbons (Fsp3) is 0.304. The molecule has 3 heterocycles. The maximum absolute atomic E-state index is 13.7. The predicted octanol–water partition coefficient (Wildman–Crippen LogP) is 3.10. The Balaban J connectivity index is 1.79. The predicted molar refractivity (Wildman–Crippen MR) is 112 cm³/mol. The van der Waals surface area contributed by atoms with Crippen molar-refractivity contribution in [2.24, 2.45) is 5.92 Å². The van der Waals surface area contributed by atoms with E-state index in [1.807, 2.05) is 73.5 Å². The number of ether oxygens (including phenoxy) is 2. The van der Waals surface area contributed by atoms with E-state index in [9.17, 15) is 9.90 Å². The number of aromatic nitrogens is 1. The molecule has 0 N–H and O–H groups in total. The van der Waals surface area contributed by atoms with Crippen LogP contribution in [-0.4, -0.2) is 25.3 Å². The van der Waals surface area contributed by atoms with E-state index in [0.717, 1.165) is 16.3 Å². The number of carbonyl (C=O) groups excluding carboxylic acids is 1. The van der Waals surface area contributed by atoms with Gasteiger partial charge >= 0.3 is 11.1 Å². The minimum Gasteiger partial charge on any atom is -0.841 e. The van der Waals surface area contributed by atoms with Crippen LogP contribution in [-0.2, 0) is 9.53 Å². The highest BCUT2D eigenvalue weighted by Crippen LogP contribution is 2.53. The van der Waals surface area contributed by atoms with Crippen LogP contribution in [0.3, 0.4) is 0 Å². The number of anilines is 1. The standard InChI is InChI=1S/C23H22N2O4S/c1-4-28-21(27)17-18-15-12-8-9-13-16(15)29-23(17,2)24(3)22-25(18)20(26)19(30-22)14-10-6-5-7-11-14/h5-13,17-18H,4H2,1-3H3. The molecule has 0 saturated carbocycles. The van der Waals surface area contributed by atoms with Gasteiger partial charge in [0.1, 0.15) is 5.75 Å². The Morgan fingerprint density at radius 2 is 1.93 bits per heavy atom. The lowest BCUT2D eigenvalue weighted by atomic mass is 9.79. The van der Waals surface area contributed by atoms with Gasteiger partial charge in [-0.05, 0) is 29.9 Å². The molecule has 2 aliphatic rings. The largest absolute Gasteiger partial charge is 0.841 e. The molecule has 154 valence electrons. The fourth-order valence-corrected chi connectivity index (χ4v) is 5.77. The summed E-state index contributed by atoms with van der Waals surface area (Å²) in [6, 6.07) is 16.7. The van der Waals surface area contributed by atoms with Crippen molar-refractivity contribution in [1.29, 1.82) is 0 Å². The molecule has 3 unspecified atom stereocenters. The van der Waals surface area contributed by atoms with Crippen LogP contribution in [0.15, 0.2) is 54.6 Å². The van der Waals surface area contributed by atoms with Crippen molar-refractivity contribution >= 4 is 22.4 Å². The Kier molecular flexibility index (Phi) is 4.25. The quantitative estimate of drug-likeness (QED) is 0.479. The van der Waals surface area contributed by atoms with Gasteiger partial charge in [0.15, 0.2) is 12.0 Å². The van der Waals surface area contributed by atoms with E-state index in [-0.39, 0.29) is 18.5 Å². The van der Waals surface area contributed by atoms with Gasteiger partial charge < -0.3 is 14.6 Å². The van der Waals surface area contributed by atoms with E-state index in [1.54, 1.807) is 11.5 Å². The highest BCUT2D eigenvalue weighted by Gasteiger charge is 2.65. The van der Waals surface area contributed by atoms with Crippen LogP contribution in [0.2, 0.25) is 0 Å². The molecule has 2 bridgehead atoms. The smallest absolute Gasteiger partial charge is 0.339 e. The zero-order chi connectivity index (χ0) is 21.0. The van der Waals surface area contributed by atoms with Crippen LogP contribution >= 0.6 is 11.3 Å². The highest BCUT2D eigenvalue weighted by molar-refractivity contribution is 7.18. The third-order valence-corrected chi connectivity index (χ3v) is 7.33. The van der Waals surface area contributed by atoms with Crippen molar-refractivity contribution in [3.8, 4) is 22.1 Å². The summed E-state index contributed by atoms with van der Waals surface area (Å²) in [6.07, 6.45) is 0. The van der Waals surface area contributed by atoms with Crippen LogP contribution < -0.4 is 19.3 Å². The molecule has 3 aromatic rings. The van der Waals surface area contributed by atoms with Gasteiger partial charge in [0.2, 0.25) is 0 Å². The Morgan fingerprint density at radius 1 is 1.23 bits per heavy atom. The summed E-state index contributed by atoms with van der Waals surface area (Å²) < 4.78 is 13.6. The highest BCUT2D eigenvalue weighted by atomic mass is 32.1. The van der Waals surface area contributed by atoms with Crippen LogP contribution in [0.25, 0.3) is 10.4 Å². The molecule has 30 heavy (non-hydrogen) atoms. The van der Waals surface area contributed by atoms with E-state index >= 15 is 0 Å². The Hall–Kier alpha value is -3.06. The monoisotopic (exact) mass is 422 g/mol. The van der Waals surface area contributed by atoms with E-state index in [4.69, 9.17) is 9.47 Å². The number of fused-ring (bicyclic) bond motifs is 6. The second-order valence-electron chi connectivity index (χ2n) is 7.68. The molecular formula is C23H22N2O4S. The lowest BCUT2D eigenvalue weighted by molar-refractivity contribution is -0.747. The maximum Gasteiger partial charge on any atom is 0.339 e.